The van der Waals surface area contributed by atoms with E-state index in [1.165, 1.54) is 5.57 Å². The molecule has 7 heteroatoms. The van der Waals surface area contributed by atoms with Gasteiger partial charge in [0.15, 0.2) is 5.76 Å². The highest BCUT2D eigenvalue weighted by Gasteiger charge is 2.30. The molecule has 0 spiro atoms. The second-order valence-electron chi connectivity index (χ2n) is 12.9. The number of likely N-dealkylation sites (N-methyl/N-ethyl adjacent to an activating group) is 1. The highest BCUT2D eigenvalue weighted by Crippen LogP contribution is 2.30. The van der Waals surface area contributed by atoms with Crippen LogP contribution >= 0.6 is 0 Å². The van der Waals surface area contributed by atoms with E-state index in [1.54, 1.807) is 14.2 Å². The van der Waals surface area contributed by atoms with Gasteiger partial charge in [0.05, 0.1) is 19.8 Å². The Kier molecular flexibility index (Phi) is 17.6. The van der Waals surface area contributed by atoms with Gasteiger partial charge in [-0.05, 0) is 77.0 Å². The number of carbonyl (C=O) groups is 1. The first-order chi connectivity index (χ1) is 19.4. The van der Waals surface area contributed by atoms with Crippen LogP contribution in [0.1, 0.15) is 92.9 Å². The fourth-order valence-electron chi connectivity index (χ4n) is 5.42. The zero-order chi connectivity index (χ0) is 31.0. The molecule has 7 nitrogen and oxygen atoms in total. The van der Waals surface area contributed by atoms with Crippen LogP contribution in [0.15, 0.2) is 35.3 Å². The van der Waals surface area contributed by atoms with E-state index in [0.29, 0.717) is 50.9 Å². The van der Waals surface area contributed by atoms with Gasteiger partial charge in [-0.3, -0.25) is 4.79 Å². The molecule has 0 aromatic heterocycles. The van der Waals surface area contributed by atoms with E-state index in [4.69, 9.17) is 14.2 Å². The van der Waals surface area contributed by atoms with Crippen LogP contribution in [0.25, 0.3) is 0 Å². The quantitative estimate of drug-likeness (QED) is 0.152. The van der Waals surface area contributed by atoms with Gasteiger partial charge in [0, 0.05) is 44.6 Å². The van der Waals surface area contributed by atoms with Gasteiger partial charge < -0.3 is 29.5 Å². The monoisotopic (exact) mass is 578 g/mol. The number of aliphatic hydroxyl groups is 1. The van der Waals surface area contributed by atoms with Crippen LogP contribution < -0.4 is 5.32 Å². The minimum Gasteiger partial charge on any atom is -0.494 e. The number of nitrogens with zero attached hydrogens (tertiary/aromatic N) is 1. The second-order valence-corrected chi connectivity index (χ2v) is 12.9. The average molecular weight is 579 g/mol. The first-order valence-corrected chi connectivity index (χ1v) is 15.8. The van der Waals surface area contributed by atoms with Gasteiger partial charge in [0.25, 0.3) is 0 Å². The Morgan fingerprint density at radius 1 is 1.10 bits per heavy atom. The van der Waals surface area contributed by atoms with Gasteiger partial charge in [-0.1, -0.05) is 58.8 Å². The summed E-state index contributed by atoms with van der Waals surface area (Å²) in [4.78, 5) is 15.4. The Balaban J connectivity index is 2.74. The van der Waals surface area contributed by atoms with Crippen molar-refractivity contribution in [2.75, 3.05) is 48.1 Å². The molecular formula is C34H62N2O5. The summed E-state index contributed by atoms with van der Waals surface area (Å²) in [6.45, 7) is 14.9. The Morgan fingerprint density at radius 3 is 2.37 bits per heavy atom. The van der Waals surface area contributed by atoms with Crippen LogP contribution in [0.4, 0.5) is 0 Å². The number of ether oxygens (including phenoxy) is 3. The zero-order valence-corrected chi connectivity index (χ0v) is 27.9. The van der Waals surface area contributed by atoms with Crippen LogP contribution in [-0.2, 0) is 19.0 Å². The molecule has 0 aliphatic heterocycles. The summed E-state index contributed by atoms with van der Waals surface area (Å²) in [5.74, 6) is 2.54. The Bertz CT molecular complexity index is 848. The lowest BCUT2D eigenvalue weighted by molar-refractivity contribution is -0.128. The molecule has 1 aliphatic carbocycles. The molecule has 0 saturated carbocycles. The van der Waals surface area contributed by atoms with Crippen LogP contribution in [0.3, 0.4) is 0 Å². The normalized spacial score (nSPS) is 17.8. The lowest BCUT2D eigenvalue weighted by Gasteiger charge is -2.37. The first-order valence-electron chi connectivity index (χ1n) is 15.8. The Labute approximate surface area is 251 Å². The third-order valence-corrected chi connectivity index (χ3v) is 8.75. The highest BCUT2D eigenvalue weighted by atomic mass is 16.5. The SMILES string of the molecule is CCCC(C)(CNC(=O)C(C[C@H](O)CCC(CC1=CCC(OCCCOC)=C(OC)C=C1)C(C)C)C(C)C)N(C)C. The molecule has 1 aliphatic rings. The number of aliphatic hydroxyl groups excluding tert-OH is 1. The maximum Gasteiger partial charge on any atom is 0.223 e. The standard InChI is InChI=1S/C34H62N2O5/c1-11-19-34(6,36(7)8)24-35-33(38)30(26(4)5)23-29(37)16-15-28(25(2)3)22-27-13-17-31(40-10)32(18-14-27)41-21-12-20-39-9/h13-14,17,25-26,28-30,37H,11-12,15-16,18-24H2,1-10H3,(H,35,38)/t28?,29-,30?,34?/m1/s1. The van der Waals surface area contributed by atoms with Crippen LogP contribution in [0.2, 0.25) is 0 Å². The molecular weight excluding hydrogens is 516 g/mol. The molecule has 1 rings (SSSR count). The average Bonchev–Trinajstić information content (AvgIpc) is 3.11. The number of hydrogen-bond acceptors (Lipinski definition) is 6. The predicted octanol–water partition coefficient (Wildman–Crippen LogP) is 6.49. The van der Waals surface area contributed by atoms with Gasteiger partial charge in [-0.2, -0.15) is 0 Å². The van der Waals surface area contributed by atoms with Gasteiger partial charge in [-0.15, -0.1) is 0 Å². The molecule has 0 aromatic carbocycles. The van der Waals surface area contributed by atoms with E-state index in [-0.39, 0.29) is 23.3 Å². The minimum atomic E-state index is -0.502. The van der Waals surface area contributed by atoms with Crippen molar-refractivity contribution in [2.24, 2.45) is 23.7 Å². The molecule has 0 aromatic rings. The number of carbonyl (C=O) groups excluding carboxylic acids is 1. The molecule has 0 heterocycles. The number of allylic oxidation sites excluding steroid dienone is 4. The maximum atomic E-state index is 13.2. The van der Waals surface area contributed by atoms with Gasteiger partial charge >= 0.3 is 0 Å². The molecule has 2 N–H and O–H groups in total. The number of hydrogen-bond donors (Lipinski definition) is 2. The van der Waals surface area contributed by atoms with Crippen molar-refractivity contribution in [1.82, 2.24) is 10.2 Å². The zero-order valence-electron chi connectivity index (χ0n) is 27.9. The molecule has 4 atom stereocenters. The van der Waals surface area contributed by atoms with E-state index >= 15 is 0 Å². The second kappa shape index (κ2) is 19.4. The van der Waals surface area contributed by atoms with Gasteiger partial charge in [0.1, 0.15) is 5.76 Å². The number of amides is 1. The predicted molar refractivity (Wildman–Crippen MR) is 169 cm³/mol. The van der Waals surface area contributed by atoms with Crippen molar-refractivity contribution in [3.8, 4) is 0 Å². The lowest BCUT2D eigenvalue weighted by atomic mass is 9.82. The maximum absolute atomic E-state index is 13.2. The molecule has 0 bridgehead atoms. The van der Waals surface area contributed by atoms with Crippen molar-refractivity contribution in [1.29, 1.82) is 0 Å². The van der Waals surface area contributed by atoms with Crippen LogP contribution in [0, 0.1) is 23.7 Å². The third kappa shape index (κ3) is 13.3. The molecule has 0 saturated heterocycles. The highest BCUT2D eigenvalue weighted by molar-refractivity contribution is 5.79. The summed E-state index contributed by atoms with van der Waals surface area (Å²) in [5.41, 5.74) is 1.19. The van der Waals surface area contributed by atoms with E-state index in [9.17, 15) is 9.90 Å². The summed E-state index contributed by atoms with van der Waals surface area (Å²) in [6.07, 6.45) is 12.5. The van der Waals surface area contributed by atoms with Crippen molar-refractivity contribution in [2.45, 2.75) is 105 Å². The molecule has 238 valence electrons. The molecule has 3 unspecified atom stereocenters. The number of rotatable bonds is 21. The fraction of sp³-hybridized carbons (Fsp3) is 0.794. The lowest BCUT2D eigenvalue weighted by Crippen LogP contribution is -2.51. The third-order valence-electron chi connectivity index (χ3n) is 8.75. The molecule has 0 fully saturated rings. The van der Waals surface area contributed by atoms with Crippen LogP contribution in [-0.4, -0.2) is 75.6 Å². The largest absolute Gasteiger partial charge is 0.494 e. The topological polar surface area (TPSA) is 80.3 Å². The van der Waals surface area contributed by atoms with E-state index < -0.39 is 6.10 Å². The van der Waals surface area contributed by atoms with Gasteiger partial charge in [0.2, 0.25) is 5.91 Å². The van der Waals surface area contributed by atoms with Crippen molar-refractivity contribution >= 4 is 5.91 Å². The first kappa shape index (κ1) is 37.2. The van der Waals surface area contributed by atoms with Crippen molar-refractivity contribution in [3.63, 3.8) is 0 Å². The Morgan fingerprint density at radius 2 is 1.80 bits per heavy atom. The fourth-order valence-corrected chi connectivity index (χ4v) is 5.42. The van der Waals surface area contributed by atoms with Crippen molar-refractivity contribution < 1.29 is 24.1 Å². The number of methoxy groups -OCH3 is 2. The summed E-state index contributed by atoms with van der Waals surface area (Å²) in [7, 11) is 7.52. The molecule has 0 radical (unpaired) electrons. The van der Waals surface area contributed by atoms with Crippen LogP contribution in [0.5, 0.6) is 0 Å². The van der Waals surface area contributed by atoms with E-state index in [1.807, 2.05) is 6.08 Å². The summed E-state index contributed by atoms with van der Waals surface area (Å²) < 4.78 is 16.7. The van der Waals surface area contributed by atoms with E-state index in [2.05, 4.69) is 78.0 Å². The number of nitrogens with one attached hydrogen (secondary N) is 1. The minimum absolute atomic E-state index is 0.0547. The summed E-state index contributed by atoms with van der Waals surface area (Å²) in [6, 6.07) is 0. The van der Waals surface area contributed by atoms with Crippen molar-refractivity contribution in [3.05, 3.63) is 35.3 Å². The van der Waals surface area contributed by atoms with Gasteiger partial charge in [-0.25, -0.2) is 0 Å². The smallest absolute Gasteiger partial charge is 0.223 e. The molecule has 1 amide bonds. The molecule has 41 heavy (non-hydrogen) atoms. The summed E-state index contributed by atoms with van der Waals surface area (Å²) >= 11 is 0. The van der Waals surface area contributed by atoms with E-state index in [0.717, 1.165) is 43.6 Å². The summed E-state index contributed by atoms with van der Waals surface area (Å²) in [5, 5.41) is 14.3. The Hall–Kier alpha value is -1.83.